The van der Waals surface area contributed by atoms with Crippen molar-refractivity contribution in [3.63, 3.8) is 0 Å². The van der Waals surface area contributed by atoms with Gasteiger partial charge in [-0.1, -0.05) is 29.8 Å². The zero-order valence-corrected chi connectivity index (χ0v) is 21.1. The third-order valence-electron chi connectivity index (χ3n) is 5.74. The van der Waals surface area contributed by atoms with Crippen molar-refractivity contribution in [1.29, 1.82) is 0 Å². The Labute approximate surface area is 217 Å². The lowest BCUT2D eigenvalue weighted by molar-refractivity contribution is -0.207. The van der Waals surface area contributed by atoms with Crippen molar-refractivity contribution in [2.75, 3.05) is 0 Å². The Hall–Kier alpha value is -3.58. The molecule has 8 nitrogen and oxygen atoms in total. The van der Waals surface area contributed by atoms with E-state index in [1.165, 1.54) is 24.3 Å². The van der Waals surface area contributed by atoms with E-state index in [0.29, 0.717) is 33.3 Å². The fraction of sp³-hybridized carbons (Fsp3) is 0.333. The molecule has 2 aromatic carbocycles. The molecule has 0 aliphatic rings. The summed E-state index contributed by atoms with van der Waals surface area (Å²) in [6.07, 6.45) is -7.85. The van der Waals surface area contributed by atoms with Crippen LogP contribution in [-0.2, 0) is 19.0 Å². The molecule has 1 N–H and O–H groups in total. The summed E-state index contributed by atoms with van der Waals surface area (Å²) in [5.74, 6) is -4.49. The molecule has 4 aromatic rings. The van der Waals surface area contributed by atoms with Gasteiger partial charge in [-0.05, 0) is 49.2 Å². The Morgan fingerprint density at radius 3 is 2.16 bits per heavy atom. The molecule has 2 aromatic heterocycles. The topological polar surface area (TPSA) is 90.8 Å². The van der Waals surface area contributed by atoms with Crippen molar-refractivity contribution in [1.82, 2.24) is 29.1 Å². The summed E-state index contributed by atoms with van der Waals surface area (Å²) in [5.41, 5.74) is 0.913. The Morgan fingerprint density at radius 1 is 1.00 bits per heavy atom. The van der Waals surface area contributed by atoms with Crippen LogP contribution in [0.25, 0.3) is 17.1 Å². The predicted molar refractivity (Wildman–Crippen MR) is 128 cm³/mol. The summed E-state index contributed by atoms with van der Waals surface area (Å²) < 4.78 is 70.7. The van der Waals surface area contributed by atoms with Gasteiger partial charge < -0.3 is 5.11 Å². The van der Waals surface area contributed by atoms with Gasteiger partial charge in [0.05, 0.1) is 12.2 Å². The van der Waals surface area contributed by atoms with Crippen LogP contribution in [0.3, 0.4) is 0 Å². The molecule has 0 saturated carbocycles. The van der Waals surface area contributed by atoms with Crippen LogP contribution in [0.15, 0.2) is 47.3 Å². The highest BCUT2D eigenvalue weighted by Crippen LogP contribution is 2.30. The molecule has 1 atom stereocenters. The molecule has 0 radical (unpaired) electrons. The molecule has 2 heterocycles. The second-order valence-electron chi connectivity index (χ2n) is 8.83. The average molecular weight is 557 g/mol. The van der Waals surface area contributed by atoms with Crippen LogP contribution in [0, 0.1) is 13.8 Å². The van der Waals surface area contributed by atoms with Gasteiger partial charge in [0.15, 0.2) is 17.8 Å². The van der Waals surface area contributed by atoms with E-state index in [2.05, 4.69) is 15.2 Å². The van der Waals surface area contributed by atoms with Crippen LogP contribution < -0.4 is 5.69 Å². The highest BCUT2D eigenvalue weighted by atomic mass is 35.5. The predicted octanol–water partition coefficient (Wildman–Crippen LogP) is 4.65. The van der Waals surface area contributed by atoms with Gasteiger partial charge in [-0.3, -0.25) is 4.57 Å². The maximum absolute atomic E-state index is 14.5. The first-order valence-electron chi connectivity index (χ1n) is 11.3. The summed E-state index contributed by atoms with van der Waals surface area (Å²) >= 11 is 5.89. The number of benzene rings is 2. The number of halogens is 6. The molecule has 202 valence electrons. The lowest BCUT2D eigenvalue weighted by Crippen LogP contribution is -2.37. The number of aryl methyl sites for hydroxylation is 2. The number of hydrogen-bond acceptors (Lipinski definition) is 5. The van der Waals surface area contributed by atoms with Crippen molar-refractivity contribution in [2.45, 2.75) is 52.1 Å². The molecule has 0 spiro atoms. The molecular weight excluding hydrogens is 535 g/mol. The quantitative estimate of drug-likeness (QED) is 0.335. The van der Waals surface area contributed by atoms with Crippen LogP contribution in [0.5, 0.6) is 0 Å². The number of aliphatic hydroxyl groups is 1. The van der Waals surface area contributed by atoms with Gasteiger partial charge in [-0.2, -0.15) is 22.0 Å². The number of rotatable bonds is 7. The minimum atomic E-state index is -4.99. The highest BCUT2D eigenvalue weighted by molar-refractivity contribution is 6.30. The minimum Gasteiger partial charge on any atom is -0.382 e. The van der Waals surface area contributed by atoms with Gasteiger partial charge in [0, 0.05) is 17.5 Å². The van der Waals surface area contributed by atoms with E-state index < -0.39 is 42.8 Å². The largest absolute Gasteiger partial charge is 0.416 e. The number of nitrogens with zero attached hydrogens (tertiary/aromatic N) is 6. The van der Waals surface area contributed by atoms with Crippen LogP contribution in [0.1, 0.15) is 29.7 Å². The van der Waals surface area contributed by atoms with Crippen molar-refractivity contribution in [3.05, 3.63) is 80.7 Å². The summed E-state index contributed by atoms with van der Waals surface area (Å²) in [5, 5.41) is 18.3. The fourth-order valence-corrected chi connectivity index (χ4v) is 4.06. The molecule has 0 aliphatic heterocycles. The molecular formula is C24H22ClF5N6O2. The molecule has 4 rings (SSSR count). The molecule has 0 aliphatic carbocycles. The molecule has 14 heteroatoms. The van der Waals surface area contributed by atoms with Gasteiger partial charge in [0.25, 0.3) is 0 Å². The van der Waals surface area contributed by atoms with Crippen molar-refractivity contribution >= 4 is 11.6 Å². The van der Waals surface area contributed by atoms with E-state index in [1.807, 2.05) is 0 Å². The van der Waals surface area contributed by atoms with Gasteiger partial charge in [0.1, 0.15) is 6.54 Å². The highest BCUT2D eigenvalue weighted by Gasteiger charge is 2.39. The zero-order valence-electron chi connectivity index (χ0n) is 20.3. The molecule has 0 amide bonds. The van der Waals surface area contributed by atoms with Gasteiger partial charge in [-0.15, -0.1) is 10.2 Å². The monoisotopic (exact) mass is 556 g/mol. The van der Waals surface area contributed by atoms with Crippen LogP contribution in [0.4, 0.5) is 22.0 Å². The van der Waals surface area contributed by atoms with Crippen LogP contribution >= 0.6 is 11.6 Å². The second kappa shape index (κ2) is 9.95. The Bertz CT molecular complexity index is 1500. The lowest BCUT2D eigenvalue weighted by atomic mass is 10.1. The number of para-hydroxylation sites is 1. The maximum atomic E-state index is 14.5. The zero-order chi connectivity index (χ0) is 28.0. The van der Waals surface area contributed by atoms with E-state index in [0.717, 1.165) is 9.36 Å². The first-order valence-corrected chi connectivity index (χ1v) is 11.6. The van der Waals surface area contributed by atoms with E-state index in [9.17, 15) is 31.9 Å². The molecule has 0 fully saturated rings. The molecule has 0 saturated heterocycles. The molecule has 38 heavy (non-hydrogen) atoms. The number of aliphatic hydroxyl groups excluding tert-OH is 1. The van der Waals surface area contributed by atoms with E-state index >= 15 is 0 Å². The Kier molecular flexibility index (Phi) is 7.19. The van der Waals surface area contributed by atoms with Gasteiger partial charge >= 0.3 is 17.8 Å². The van der Waals surface area contributed by atoms with Crippen molar-refractivity contribution in [3.8, 4) is 17.1 Å². The van der Waals surface area contributed by atoms with Crippen LogP contribution in [-0.4, -0.2) is 46.5 Å². The smallest absolute Gasteiger partial charge is 0.382 e. The minimum absolute atomic E-state index is 0.190. The van der Waals surface area contributed by atoms with Gasteiger partial charge in [-0.25, -0.2) is 19.1 Å². The maximum Gasteiger partial charge on any atom is 0.416 e. The number of hydrogen-bond donors (Lipinski definition) is 1. The number of alkyl halides is 5. The summed E-state index contributed by atoms with van der Waals surface area (Å²) in [4.78, 5) is 17.1. The van der Waals surface area contributed by atoms with E-state index in [1.54, 1.807) is 32.0 Å². The van der Waals surface area contributed by atoms with Crippen molar-refractivity contribution in [2.24, 2.45) is 0 Å². The summed E-state index contributed by atoms with van der Waals surface area (Å²) in [7, 11) is 0. The van der Waals surface area contributed by atoms with Crippen molar-refractivity contribution < 1.29 is 27.1 Å². The number of aromatic nitrogens is 6. The van der Waals surface area contributed by atoms with E-state index in [4.69, 9.17) is 11.6 Å². The van der Waals surface area contributed by atoms with Gasteiger partial charge in [0.2, 0.25) is 5.82 Å². The standard InChI is InChI=1S/C24H22ClF5N6O2/c1-13-5-4-6-14(2)19(13)36-21(23(3,26)27)31-18(32-36)12-35-22(38)34(11-17(37)24(28,29)30)20(33-35)15-7-9-16(25)10-8-15/h4-10,17,37H,11-12H2,1-3H3. The lowest BCUT2D eigenvalue weighted by Gasteiger charge is -2.15. The third kappa shape index (κ3) is 5.48. The SMILES string of the molecule is Cc1cccc(C)c1-n1nc(Cn2nc(-c3ccc(Cl)cc3)n(CC(O)C(F)(F)F)c2=O)nc1C(C)(F)F. The summed E-state index contributed by atoms with van der Waals surface area (Å²) in [6.45, 7) is 2.44. The van der Waals surface area contributed by atoms with E-state index in [-0.39, 0.29) is 17.2 Å². The molecule has 0 bridgehead atoms. The normalized spacial score (nSPS) is 13.2. The fourth-order valence-electron chi connectivity index (χ4n) is 3.93. The first kappa shape index (κ1) is 27.5. The first-order chi connectivity index (χ1) is 17.7. The average Bonchev–Trinajstić information content (AvgIpc) is 3.36. The molecule has 1 unspecified atom stereocenters. The Balaban J connectivity index is 1.82. The second-order valence-corrected chi connectivity index (χ2v) is 9.27. The third-order valence-corrected chi connectivity index (χ3v) is 6.00. The summed E-state index contributed by atoms with van der Waals surface area (Å²) in [6, 6.07) is 11.0. The Morgan fingerprint density at radius 2 is 1.61 bits per heavy atom. The van der Waals surface area contributed by atoms with Crippen LogP contribution in [0.2, 0.25) is 5.02 Å².